The summed E-state index contributed by atoms with van der Waals surface area (Å²) in [6.45, 7) is 4.68. The zero-order valence-corrected chi connectivity index (χ0v) is 21.3. The van der Waals surface area contributed by atoms with E-state index in [1.165, 1.54) is 20.0 Å². The van der Waals surface area contributed by atoms with Gasteiger partial charge in [0.25, 0.3) is 0 Å². The van der Waals surface area contributed by atoms with Crippen molar-refractivity contribution < 1.29 is 28.2 Å². The summed E-state index contributed by atoms with van der Waals surface area (Å²) in [7, 11) is 1.72. The molecule has 2 aromatic rings. The van der Waals surface area contributed by atoms with Gasteiger partial charge in [-0.15, -0.1) is 0 Å². The van der Waals surface area contributed by atoms with Gasteiger partial charge in [0.15, 0.2) is 11.2 Å². The number of rotatable bonds is 11. The minimum Gasteiger partial charge on any atom is -0.465 e. The van der Waals surface area contributed by atoms with Crippen molar-refractivity contribution in [3.8, 4) is 0 Å². The third-order valence-electron chi connectivity index (χ3n) is 6.03. The van der Waals surface area contributed by atoms with Crippen molar-refractivity contribution in [2.45, 2.75) is 52.1 Å². The molecule has 36 heavy (non-hydrogen) atoms. The fourth-order valence-corrected chi connectivity index (χ4v) is 4.37. The summed E-state index contributed by atoms with van der Waals surface area (Å²) in [4.78, 5) is 51.7. The van der Waals surface area contributed by atoms with Gasteiger partial charge in [-0.25, -0.2) is 4.39 Å². The van der Waals surface area contributed by atoms with Crippen molar-refractivity contribution >= 4 is 45.9 Å². The molecular formula is C25H29ClFN3O6. The van der Waals surface area contributed by atoms with Crippen molar-refractivity contribution in [3.05, 3.63) is 44.5 Å². The van der Waals surface area contributed by atoms with E-state index in [1.54, 1.807) is 11.6 Å². The van der Waals surface area contributed by atoms with Gasteiger partial charge in [0.2, 0.25) is 5.92 Å². The largest absolute Gasteiger partial charge is 0.465 e. The van der Waals surface area contributed by atoms with Gasteiger partial charge in [-0.05, 0) is 46.7 Å². The lowest BCUT2D eigenvalue weighted by atomic mass is 9.95. The van der Waals surface area contributed by atoms with Crippen LogP contribution in [0.1, 0.15) is 62.0 Å². The maximum absolute atomic E-state index is 15.2. The van der Waals surface area contributed by atoms with Crippen molar-refractivity contribution in [1.82, 2.24) is 9.88 Å². The topological polar surface area (TPSA) is 128 Å². The summed E-state index contributed by atoms with van der Waals surface area (Å²) in [5.41, 5.74) is -1.31. The summed E-state index contributed by atoms with van der Waals surface area (Å²) >= 11 is 6.60. The predicted molar refractivity (Wildman–Crippen MR) is 133 cm³/mol. The maximum Gasteiger partial charge on any atom is 0.328 e. The first-order valence-electron chi connectivity index (χ1n) is 11.8. The van der Waals surface area contributed by atoms with Gasteiger partial charge in [0, 0.05) is 30.4 Å². The smallest absolute Gasteiger partial charge is 0.328 e. The molecule has 11 heteroatoms. The number of Topliss-reactive ketones (excluding diaryl/α,β-unsaturated/α-hetero) is 1. The van der Waals surface area contributed by atoms with Crippen LogP contribution in [0.5, 0.6) is 0 Å². The first kappa shape index (κ1) is 27.5. The lowest BCUT2D eigenvalue weighted by molar-refractivity contribution is -0.158. The Labute approximate surface area is 212 Å². The molecule has 2 N–H and O–H groups in total. The fraction of sp³-hybridized carbons (Fsp3) is 0.480. The van der Waals surface area contributed by atoms with Gasteiger partial charge in [-0.3, -0.25) is 19.2 Å². The number of ether oxygens (including phenoxy) is 2. The third-order valence-corrected chi connectivity index (χ3v) is 6.39. The molecule has 1 aliphatic rings. The van der Waals surface area contributed by atoms with Gasteiger partial charge in [0.05, 0.1) is 40.3 Å². The lowest BCUT2D eigenvalue weighted by Gasteiger charge is -2.19. The molecule has 1 aliphatic carbocycles. The van der Waals surface area contributed by atoms with Crippen LogP contribution in [0.3, 0.4) is 0 Å². The van der Waals surface area contributed by atoms with E-state index in [2.05, 4.69) is 5.32 Å². The molecule has 9 nitrogen and oxygen atoms in total. The molecule has 1 saturated carbocycles. The Morgan fingerprint density at radius 2 is 1.81 bits per heavy atom. The van der Waals surface area contributed by atoms with Crippen LogP contribution in [0.25, 0.3) is 10.9 Å². The summed E-state index contributed by atoms with van der Waals surface area (Å²) in [6, 6.07) is 0.720. The normalized spacial score (nSPS) is 14.1. The van der Waals surface area contributed by atoms with Crippen LogP contribution >= 0.6 is 11.6 Å². The molecule has 194 valence electrons. The van der Waals surface area contributed by atoms with Crippen LogP contribution in [-0.4, -0.2) is 54.3 Å². The molecule has 0 unspecified atom stereocenters. The molecule has 0 aliphatic heterocycles. The number of esters is 2. The maximum atomic E-state index is 15.2. The zero-order chi connectivity index (χ0) is 26.7. The zero-order valence-electron chi connectivity index (χ0n) is 20.6. The summed E-state index contributed by atoms with van der Waals surface area (Å²) in [6.07, 6.45) is 2.90. The number of pyridine rings is 1. The van der Waals surface area contributed by atoms with E-state index in [-0.39, 0.29) is 58.9 Å². The van der Waals surface area contributed by atoms with Crippen molar-refractivity contribution in [1.29, 1.82) is 5.41 Å². The summed E-state index contributed by atoms with van der Waals surface area (Å²) in [5.74, 6) is -6.23. The Kier molecular flexibility index (Phi) is 8.63. The highest BCUT2D eigenvalue weighted by Gasteiger charge is 2.40. The van der Waals surface area contributed by atoms with E-state index in [0.717, 1.165) is 18.9 Å². The minimum absolute atomic E-state index is 0.0408. The van der Waals surface area contributed by atoms with E-state index in [4.69, 9.17) is 26.5 Å². The fourth-order valence-electron chi connectivity index (χ4n) is 3.96. The molecule has 1 atom stereocenters. The number of halogens is 2. The first-order valence-corrected chi connectivity index (χ1v) is 12.1. The molecule has 0 amide bonds. The molecule has 1 aromatic heterocycles. The van der Waals surface area contributed by atoms with Gasteiger partial charge in [-0.2, -0.15) is 0 Å². The monoisotopic (exact) mass is 521 g/mol. The van der Waals surface area contributed by atoms with Crippen molar-refractivity contribution in [2.75, 3.05) is 20.3 Å². The average molecular weight is 522 g/mol. The number of carbonyl (C=O) groups excluding carboxylic acids is 3. The highest BCUT2D eigenvalue weighted by Crippen LogP contribution is 2.40. The Morgan fingerprint density at radius 1 is 1.22 bits per heavy atom. The second kappa shape index (κ2) is 11.3. The number of nitrogens with one attached hydrogen (secondary N) is 2. The van der Waals surface area contributed by atoms with Crippen molar-refractivity contribution in [2.24, 2.45) is 5.92 Å². The predicted octanol–water partition coefficient (Wildman–Crippen LogP) is 3.42. The van der Waals surface area contributed by atoms with Crippen LogP contribution in [-0.2, 0) is 19.1 Å². The number of aromatic nitrogens is 1. The highest BCUT2D eigenvalue weighted by molar-refractivity contribution is 6.38. The standard InChI is InChI=1S/C25H29ClFN3O6/c1-5-35-24(33)19(25(34)36-6-2)23(32)15-11-30(13-7-8-13)21-14(22(15)31)10-16(27)18(20(21)26)17(28)9-12(3)29-4/h10-13,19,28-29H,5-9H2,1-4H3/t12-/m1/s1. The van der Waals surface area contributed by atoms with E-state index < -0.39 is 40.4 Å². The quantitative estimate of drug-likeness (QED) is 0.201. The summed E-state index contributed by atoms with van der Waals surface area (Å²) < 4.78 is 26.6. The number of fused-ring (bicyclic) bond motifs is 1. The molecule has 1 fully saturated rings. The average Bonchev–Trinajstić information content (AvgIpc) is 3.65. The molecule has 0 radical (unpaired) electrons. The number of nitrogens with zero attached hydrogens (tertiary/aromatic N) is 1. The second-order valence-corrected chi connectivity index (χ2v) is 9.01. The van der Waals surface area contributed by atoms with Gasteiger partial charge in [-0.1, -0.05) is 11.6 Å². The number of benzene rings is 1. The SMILES string of the molecule is CCOC(=O)C(C(=O)OCC)C(=O)c1cn(C2CC2)c2c(Cl)c(C(=N)C[C@@H](C)NC)c(F)cc2c1=O. The van der Waals surface area contributed by atoms with Gasteiger partial charge in [0.1, 0.15) is 5.82 Å². The Bertz CT molecular complexity index is 1270. The van der Waals surface area contributed by atoms with Crippen LogP contribution < -0.4 is 10.7 Å². The first-order chi connectivity index (χ1) is 17.1. The molecule has 3 rings (SSSR count). The van der Waals surface area contributed by atoms with Crippen molar-refractivity contribution in [3.63, 3.8) is 0 Å². The van der Waals surface area contributed by atoms with Crippen LogP contribution in [0.4, 0.5) is 4.39 Å². The Hall–Kier alpha value is -3.11. The van der Waals surface area contributed by atoms with E-state index >= 15 is 4.39 Å². The second-order valence-electron chi connectivity index (χ2n) is 8.63. The molecule has 0 spiro atoms. The minimum atomic E-state index is -1.99. The number of ketones is 1. The lowest BCUT2D eigenvalue weighted by Crippen LogP contribution is -2.37. The van der Waals surface area contributed by atoms with E-state index in [9.17, 15) is 19.2 Å². The molecule has 0 saturated heterocycles. The Morgan fingerprint density at radius 3 is 2.31 bits per heavy atom. The van der Waals surface area contributed by atoms with Crippen LogP contribution in [0.2, 0.25) is 5.02 Å². The van der Waals surface area contributed by atoms with Crippen LogP contribution in [0.15, 0.2) is 17.1 Å². The number of hydrogen-bond donors (Lipinski definition) is 2. The molecule has 1 aromatic carbocycles. The molecule has 0 bridgehead atoms. The third kappa shape index (κ3) is 5.34. The van der Waals surface area contributed by atoms with E-state index in [1.807, 2.05) is 6.92 Å². The van der Waals surface area contributed by atoms with E-state index in [0.29, 0.717) is 0 Å². The molecular weight excluding hydrogens is 493 g/mol. The van der Waals surface area contributed by atoms with Crippen LogP contribution in [0, 0.1) is 17.1 Å². The summed E-state index contributed by atoms with van der Waals surface area (Å²) in [5, 5.41) is 11.1. The number of hydrogen-bond acceptors (Lipinski definition) is 8. The van der Waals surface area contributed by atoms with Gasteiger partial charge < -0.3 is 24.8 Å². The highest BCUT2D eigenvalue weighted by atomic mass is 35.5. The number of carbonyl (C=O) groups is 3. The molecule has 1 heterocycles. The Balaban J connectivity index is 2.23. The van der Waals surface area contributed by atoms with Gasteiger partial charge >= 0.3 is 11.9 Å².